The Bertz CT molecular complexity index is 680. The zero-order chi connectivity index (χ0) is 16.4. The highest BCUT2D eigenvalue weighted by atomic mass is 32.1. The molecule has 4 nitrogen and oxygen atoms in total. The quantitative estimate of drug-likeness (QED) is 0.927. The molecule has 5 heteroatoms. The van der Waals surface area contributed by atoms with Gasteiger partial charge >= 0.3 is 0 Å². The minimum atomic E-state index is -0.285. The van der Waals surface area contributed by atoms with Crippen LogP contribution in [0.1, 0.15) is 37.0 Å². The summed E-state index contributed by atoms with van der Waals surface area (Å²) in [5.74, 6) is 1.23. The van der Waals surface area contributed by atoms with E-state index in [0.717, 1.165) is 51.0 Å². The molecule has 0 spiro atoms. The SMILES string of the molecule is O=C(NC1CCN(c2ccccn2)C1)C1(c2cccs2)CCCC1. The first-order chi connectivity index (χ1) is 11.8. The van der Waals surface area contributed by atoms with Gasteiger partial charge in [0, 0.05) is 30.2 Å². The Hall–Kier alpha value is -1.88. The molecule has 2 aromatic rings. The predicted molar refractivity (Wildman–Crippen MR) is 97.5 cm³/mol. The lowest BCUT2D eigenvalue weighted by molar-refractivity contribution is -0.127. The van der Waals surface area contributed by atoms with Crippen molar-refractivity contribution in [3.8, 4) is 0 Å². The molecule has 1 atom stereocenters. The van der Waals surface area contributed by atoms with E-state index in [1.165, 1.54) is 4.88 Å². The van der Waals surface area contributed by atoms with Gasteiger partial charge in [-0.05, 0) is 42.8 Å². The largest absolute Gasteiger partial charge is 0.354 e. The van der Waals surface area contributed by atoms with Crippen LogP contribution >= 0.6 is 11.3 Å². The fourth-order valence-corrected chi connectivity index (χ4v) is 5.05. The molecule has 3 heterocycles. The Balaban J connectivity index is 1.45. The summed E-state index contributed by atoms with van der Waals surface area (Å²) in [4.78, 5) is 21.0. The van der Waals surface area contributed by atoms with Gasteiger partial charge in [-0.3, -0.25) is 4.79 Å². The number of pyridine rings is 1. The fourth-order valence-electron chi connectivity index (χ4n) is 4.07. The molecule has 2 aliphatic rings. The van der Waals surface area contributed by atoms with Crippen molar-refractivity contribution in [2.45, 2.75) is 43.6 Å². The molecular formula is C19H23N3OS. The van der Waals surface area contributed by atoms with Gasteiger partial charge in [-0.2, -0.15) is 0 Å². The molecule has 1 saturated heterocycles. The summed E-state index contributed by atoms with van der Waals surface area (Å²) in [5, 5.41) is 5.43. The number of nitrogens with zero attached hydrogens (tertiary/aromatic N) is 2. The molecule has 2 aromatic heterocycles. The zero-order valence-corrected chi connectivity index (χ0v) is 14.6. The molecule has 0 bridgehead atoms. The van der Waals surface area contributed by atoms with Gasteiger partial charge in [0.25, 0.3) is 0 Å². The molecule has 24 heavy (non-hydrogen) atoms. The number of amides is 1. The highest BCUT2D eigenvalue weighted by Gasteiger charge is 2.44. The third-order valence-corrected chi connectivity index (χ3v) is 6.46. The van der Waals surface area contributed by atoms with E-state index in [9.17, 15) is 4.79 Å². The Kier molecular flexibility index (Phi) is 4.27. The Morgan fingerprint density at radius 1 is 1.25 bits per heavy atom. The molecule has 1 unspecified atom stereocenters. The summed E-state index contributed by atoms with van der Waals surface area (Å²) >= 11 is 1.72. The van der Waals surface area contributed by atoms with Gasteiger partial charge in [-0.25, -0.2) is 4.98 Å². The van der Waals surface area contributed by atoms with Crippen LogP contribution in [0, 0.1) is 0 Å². The maximum atomic E-state index is 13.1. The van der Waals surface area contributed by atoms with Crippen molar-refractivity contribution >= 4 is 23.1 Å². The summed E-state index contributed by atoms with van der Waals surface area (Å²) < 4.78 is 0. The lowest BCUT2D eigenvalue weighted by Gasteiger charge is -2.28. The summed E-state index contributed by atoms with van der Waals surface area (Å²) in [6.45, 7) is 1.80. The van der Waals surface area contributed by atoms with Crippen LogP contribution in [0.25, 0.3) is 0 Å². The highest BCUT2D eigenvalue weighted by Crippen LogP contribution is 2.43. The fraction of sp³-hybridized carbons (Fsp3) is 0.474. The van der Waals surface area contributed by atoms with Gasteiger partial charge in [0.2, 0.25) is 5.91 Å². The second-order valence-electron chi connectivity index (χ2n) is 6.86. The minimum Gasteiger partial charge on any atom is -0.354 e. The van der Waals surface area contributed by atoms with E-state index in [4.69, 9.17) is 0 Å². The Morgan fingerprint density at radius 3 is 2.83 bits per heavy atom. The second kappa shape index (κ2) is 6.55. The van der Waals surface area contributed by atoms with Crippen LogP contribution in [-0.2, 0) is 10.2 Å². The molecule has 4 rings (SSSR count). The third-order valence-electron chi connectivity index (χ3n) is 5.38. The number of hydrogen-bond acceptors (Lipinski definition) is 4. The summed E-state index contributed by atoms with van der Waals surface area (Å²) in [6.07, 6.45) is 7.08. The first kappa shape index (κ1) is 15.6. The minimum absolute atomic E-state index is 0.219. The standard InChI is InChI=1S/C19H23N3OS/c23-18(19(9-2-3-10-19)16-6-5-13-24-16)21-15-8-12-22(14-15)17-7-1-4-11-20-17/h1,4-7,11,13,15H,2-3,8-10,12,14H2,(H,21,23). The number of hydrogen-bond donors (Lipinski definition) is 1. The molecule has 0 radical (unpaired) electrons. The molecule has 1 N–H and O–H groups in total. The predicted octanol–water partition coefficient (Wildman–Crippen LogP) is 3.35. The van der Waals surface area contributed by atoms with Crippen molar-refractivity contribution < 1.29 is 4.79 Å². The molecule has 1 aliphatic carbocycles. The average Bonchev–Trinajstić information content (AvgIpc) is 3.36. The van der Waals surface area contributed by atoms with Crippen LogP contribution < -0.4 is 10.2 Å². The maximum absolute atomic E-state index is 13.1. The van der Waals surface area contributed by atoms with Crippen molar-refractivity contribution in [3.63, 3.8) is 0 Å². The van der Waals surface area contributed by atoms with Crippen LogP contribution in [0.3, 0.4) is 0 Å². The van der Waals surface area contributed by atoms with Crippen molar-refractivity contribution in [3.05, 3.63) is 46.8 Å². The van der Waals surface area contributed by atoms with Crippen molar-refractivity contribution in [2.75, 3.05) is 18.0 Å². The van der Waals surface area contributed by atoms with Crippen LogP contribution in [0.15, 0.2) is 41.9 Å². The molecular weight excluding hydrogens is 318 g/mol. The lowest BCUT2D eigenvalue weighted by Crippen LogP contribution is -2.47. The Labute approximate surface area is 146 Å². The monoisotopic (exact) mass is 341 g/mol. The van der Waals surface area contributed by atoms with Crippen LogP contribution in [0.5, 0.6) is 0 Å². The number of aromatic nitrogens is 1. The van der Waals surface area contributed by atoms with E-state index in [-0.39, 0.29) is 17.4 Å². The topological polar surface area (TPSA) is 45.2 Å². The number of rotatable bonds is 4. The number of carbonyl (C=O) groups is 1. The second-order valence-corrected chi connectivity index (χ2v) is 7.81. The van der Waals surface area contributed by atoms with Crippen LogP contribution in [-0.4, -0.2) is 30.0 Å². The third kappa shape index (κ3) is 2.81. The maximum Gasteiger partial charge on any atom is 0.231 e. The van der Waals surface area contributed by atoms with Gasteiger partial charge in [0.05, 0.1) is 5.41 Å². The first-order valence-corrected chi connectivity index (χ1v) is 9.67. The number of nitrogens with one attached hydrogen (secondary N) is 1. The summed E-state index contributed by atoms with van der Waals surface area (Å²) in [5.41, 5.74) is -0.285. The van der Waals surface area contributed by atoms with E-state index >= 15 is 0 Å². The van der Waals surface area contributed by atoms with Gasteiger partial charge in [0.1, 0.15) is 5.82 Å². The number of carbonyl (C=O) groups excluding carboxylic acids is 1. The normalized spacial score (nSPS) is 22.7. The van der Waals surface area contributed by atoms with Gasteiger partial charge < -0.3 is 10.2 Å². The van der Waals surface area contributed by atoms with Gasteiger partial charge in [-0.1, -0.05) is 25.0 Å². The smallest absolute Gasteiger partial charge is 0.231 e. The van der Waals surface area contributed by atoms with Crippen molar-refractivity contribution in [1.29, 1.82) is 0 Å². The zero-order valence-electron chi connectivity index (χ0n) is 13.8. The van der Waals surface area contributed by atoms with E-state index in [0.29, 0.717) is 0 Å². The number of thiophene rings is 1. The number of anilines is 1. The molecule has 126 valence electrons. The lowest BCUT2D eigenvalue weighted by atomic mass is 9.83. The molecule has 1 aliphatic heterocycles. The van der Waals surface area contributed by atoms with Crippen LogP contribution in [0.4, 0.5) is 5.82 Å². The summed E-state index contributed by atoms with van der Waals surface area (Å²) in [6, 6.07) is 10.4. The van der Waals surface area contributed by atoms with Crippen LogP contribution in [0.2, 0.25) is 0 Å². The van der Waals surface area contributed by atoms with E-state index in [2.05, 4.69) is 32.7 Å². The highest BCUT2D eigenvalue weighted by molar-refractivity contribution is 7.10. The van der Waals surface area contributed by atoms with E-state index < -0.39 is 0 Å². The van der Waals surface area contributed by atoms with Gasteiger partial charge in [0.15, 0.2) is 0 Å². The molecule has 2 fully saturated rings. The van der Waals surface area contributed by atoms with E-state index in [1.807, 2.05) is 24.4 Å². The Morgan fingerprint density at radius 2 is 2.12 bits per heavy atom. The van der Waals surface area contributed by atoms with Crippen molar-refractivity contribution in [2.24, 2.45) is 0 Å². The summed E-state index contributed by atoms with van der Waals surface area (Å²) in [7, 11) is 0. The van der Waals surface area contributed by atoms with E-state index in [1.54, 1.807) is 11.3 Å². The molecule has 1 amide bonds. The molecule has 0 aromatic carbocycles. The molecule has 1 saturated carbocycles. The van der Waals surface area contributed by atoms with Crippen molar-refractivity contribution in [1.82, 2.24) is 10.3 Å². The average molecular weight is 341 g/mol. The first-order valence-electron chi connectivity index (χ1n) is 8.79. The van der Waals surface area contributed by atoms with Gasteiger partial charge in [-0.15, -0.1) is 11.3 Å².